The quantitative estimate of drug-likeness (QED) is 0.801. The highest BCUT2D eigenvalue weighted by Gasteiger charge is 2.06. The van der Waals surface area contributed by atoms with Crippen LogP contribution in [0, 0.1) is 5.82 Å². The predicted molar refractivity (Wildman–Crippen MR) is 59.9 cm³/mol. The van der Waals surface area contributed by atoms with Crippen molar-refractivity contribution in [3.05, 3.63) is 42.3 Å². The SMILES string of the molecule is CCn1ccc(-c2ccc(F)cc2)c1N. The van der Waals surface area contributed by atoms with Gasteiger partial charge < -0.3 is 10.3 Å². The fourth-order valence-corrected chi connectivity index (χ4v) is 1.63. The third kappa shape index (κ3) is 1.73. The van der Waals surface area contributed by atoms with E-state index in [1.165, 1.54) is 12.1 Å². The van der Waals surface area contributed by atoms with Crippen molar-refractivity contribution in [2.45, 2.75) is 13.5 Å². The van der Waals surface area contributed by atoms with Gasteiger partial charge in [-0.05, 0) is 30.7 Å². The Morgan fingerprint density at radius 3 is 2.40 bits per heavy atom. The molecule has 1 aromatic carbocycles. The molecule has 0 spiro atoms. The molecule has 2 rings (SSSR count). The van der Waals surface area contributed by atoms with Gasteiger partial charge in [-0.2, -0.15) is 0 Å². The first-order valence-electron chi connectivity index (χ1n) is 4.93. The number of aryl methyl sites for hydroxylation is 1. The number of benzene rings is 1. The predicted octanol–water partition coefficient (Wildman–Crippen LogP) is 2.90. The van der Waals surface area contributed by atoms with Gasteiger partial charge in [0, 0.05) is 18.3 Å². The third-order valence-electron chi connectivity index (χ3n) is 2.50. The number of rotatable bonds is 2. The highest BCUT2D eigenvalue weighted by Crippen LogP contribution is 2.26. The van der Waals surface area contributed by atoms with Gasteiger partial charge in [0.1, 0.15) is 11.6 Å². The lowest BCUT2D eigenvalue weighted by Crippen LogP contribution is -1.99. The molecular weight excluding hydrogens is 191 g/mol. The monoisotopic (exact) mass is 204 g/mol. The summed E-state index contributed by atoms with van der Waals surface area (Å²) in [6.45, 7) is 2.87. The molecule has 15 heavy (non-hydrogen) atoms. The van der Waals surface area contributed by atoms with Crippen molar-refractivity contribution in [2.24, 2.45) is 0 Å². The fourth-order valence-electron chi connectivity index (χ4n) is 1.63. The van der Waals surface area contributed by atoms with Gasteiger partial charge in [0.05, 0.1) is 0 Å². The maximum Gasteiger partial charge on any atom is 0.123 e. The van der Waals surface area contributed by atoms with Gasteiger partial charge in [0.25, 0.3) is 0 Å². The van der Waals surface area contributed by atoms with Gasteiger partial charge in [-0.15, -0.1) is 0 Å². The van der Waals surface area contributed by atoms with Crippen molar-refractivity contribution in [3.8, 4) is 11.1 Å². The van der Waals surface area contributed by atoms with Crippen LogP contribution in [0.5, 0.6) is 0 Å². The van der Waals surface area contributed by atoms with Crippen LogP contribution in [-0.4, -0.2) is 4.57 Å². The van der Waals surface area contributed by atoms with E-state index in [9.17, 15) is 4.39 Å². The van der Waals surface area contributed by atoms with E-state index in [0.29, 0.717) is 0 Å². The number of hydrogen-bond donors (Lipinski definition) is 1. The average Bonchev–Trinajstić information content (AvgIpc) is 2.61. The molecule has 0 saturated carbocycles. The normalized spacial score (nSPS) is 10.5. The number of halogens is 1. The number of hydrogen-bond acceptors (Lipinski definition) is 1. The Morgan fingerprint density at radius 1 is 1.20 bits per heavy atom. The molecular formula is C12H13FN2. The lowest BCUT2D eigenvalue weighted by atomic mass is 10.1. The van der Waals surface area contributed by atoms with E-state index in [-0.39, 0.29) is 5.82 Å². The van der Waals surface area contributed by atoms with Crippen LogP contribution in [0.1, 0.15) is 6.92 Å². The zero-order valence-corrected chi connectivity index (χ0v) is 8.57. The van der Waals surface area contributed by atoms with Crippen molar-refractivity contribution in [3.63, 3.8) is 0 Å². The maximum atomic E-state index is 12.7. The molecule has 2 nitrogen and oxygen atoms in total. The van der Waals surface area contributed by atoms with Crippen molar-refractivity contribution >= 4 is 5.82 Å². The first-order valence-corrected chi connectivity index (χ1v) is 4.93. The van der Waals surface area contributed by atoms with Crippen molar-refractivity contribution < 1.29 is 4.39 Å². The Bertz CT molecular complexity index is 457. The Balaban J connectivity index is 2.45. The van der Waals surface area contributed by atoms with E-state index in [1.807, 2.05) is 23.8 Å². The van der Waals surface area contributed by atoms with Crippen molar-refractivity contribution in [1.29, 1.82) is 0 Å². The Labute approximate surface area is 88.1 Å². The molecule has 0 aliphatic heterocycles. The number of nitrogens with zero attached hydrogens (tertiary/aromatic N) is 1. The lowest BCUT2D eigenvalue weighted by molar-refractivity contribution is 0.628. The summed E-state index contributed by atoms with van der Waals surface area (Å²) in [6, 6.07) is 8.31. The number of aromatic nitrogens is 1. The summed E-state index contributed by atoms with van der Waals surface area (Å²) in [7, 11) is 0. The van der Waals surface area contributed by atoms with Gasteiger partial charge in [0.2, 0.25) is 0 Å². The van der Waals surface area contributed by atoms with E-state index >= 15 is 0 Å². The van der Waals surface area contributed by atoms with E-state index in [2.05, 4.69) is 0 Å². The van der Waals surface area contributed by atoms with Gasteiger partial charge in [-0.3, -0.25) is 0 Å². The van der Waals surface area contributed by atoms with Crippen molar-refractivity contribution in [1.82, 2.24) is 4.57 Å². The topological polar surface area (TPSA) is 30.9 Å². The highest BCUT2D eigenvalue weighted by atomic mass is 19.1. The third-order valence-corrected chi connectivity index (χ3v) is 2.50. The molecule has 78 valence electrons. The fraction of sp³-hybridized carbons (Fsp3) is 0.167. The zero-order valence-electron chi connectivity index (χ0n) is 8.57. The molecule has 0 aliphatic rings. The minimum Gasteiger partial charge on any atom is -0.385 e. The van der Waals surface area contributed by atoms with E-state index < -0.39 is 0 Å². The van der Waals surface area contributed by atoms with Crippen LogP contribution in [0.25, 0.3) is 11.1 Å². The molecule has 1 aromatic heterocycles. The minimum absolute atomic E-state index is 0.229. The minimum atomic E-state index is -0.229. The first kappa shape index (κ1) is 9.77. The summed E-state index contributed by atoms with van der Waals surface area (Å²) in [5.74, 6) is 0.497. The number of anilines is 1. The van der Waals surface area contributed by atoms with Crippen LogP contribution in [0.15, 0.2) is 36.5 Å². The second-order valence-corrected chi connectivity index (χ2v) is 3.41. The molecule has 0 bridgehead atoms. The molecule has 0 unspecified atom stereocenters. The van der Waals surface area contributed by atoms with Crippen molar-refractivity contribution in [2.75, 3.05) is 5.73 Å². The summed E-state index contributed by atoms with van der Waals surface area (Å²) < 4.78 is 14.7. The van der Waals surface area contributed by atoms with Gasteiger partial charge in [-0.25, -0.2) is 4.39 Å². The smallest absolute Gasteiger partial charge is 0.123 e. The average molecular weight is 204 g/mol. The van der Waals surface area contributed by atoms with Gasteiger partial charge in [0.15, 0.2) is 0 Å². The summed E-state index contributed by atoms with van der Waals surface area (Å²) in [6.07, 6.45) is 1.94. The Hall–Kier alpha value is -1.77. The number of nitrogens with two attached hydrogens (primary N) is 1. The van der Waals surface area contributed by atoms with Crippen LogP contribution in [0.2, 0.25) is 0 Å². The van der Waals surface area contributed by atoms with Crippen LogP contribution >= 0.6 is 0 Å². The molecule has 0 atom stereocenters. The Morgan fingerprint density at radius 2 is 1.87 bits per heavy atom. The first-order chi connectivity index (χ1) is 7.22. The van der Waals surface area contributed by atoms with E-state index in [1.54, 1.807) is 12.1 Å². The van der Waals surface area contributed by atoms with Gasteiger partial charge in [-0.1, -0.05) is 12.1 Å². The summed E-state index contributed by atoms with van der Waals surface area (Å²) in [5.41, 5.74) is 7.85. The standard InChI is InChI=1S/C12H13FN2/c1-2-15-8-7-11(12(15)14)9-3-5-10(13)6-4-9/h3-8H,2,14H2,1H3. The molecule has 0 radical (unpaired) electrons. The summed E-state index contributed by atoms with van der Waals surface area (Å²) in [5, 5.41) is 0. The lowest BCUT2D eigenvalue weighted by Gasteiger charge is -2.04. The molecule has 2 N–H and O–H groups in total. The molecule has 0 saturated heterocycles. The molecule has 3 heteroatoms. The van der Waals surface area contributed by atoms with Crippen LogP contribution < -0.4 is 5.73 Å². The van der Waals surface area contributed by atoms with Crippen LogP contribution in [0.4, 0.5) is 10.2 Å². The largest absolute Gasteiger partial charge is 0.385 e. The highest BCUT2D eigenvalue weighted by molar-refractivity contribution is 5.74. The molecule has 0 aliphatic carbocycles. The second kappa shape index (κ2) is 3.77. The maximum absolute atomic E-state index is 12.7. The van der Waals surface area contributed by atoms with Crippen LogP contribution in [0.3, 0.4) is 0 Å². The van der Waals surface area contributed by atoms with E-state index in [4.69, 9.17) is 5.73 Å². The molecule has 0 amide bonds. The summed E-state index contributed by atoms with van der Waals surface area (Å²) in [4.78, 5) is 0. The van der Waals surface area contributed by atoms with Crippen LogP contribution in [-0.2, 0) is 6.54 Å². The zero-order chi connectivity index (χ0) is 10.8. The second-order valence-electron chi connectivity index (χ2n) is 3.41. The number of nitrogen functional groups attached to an aromatic ring is 1. The summed E-state index contributed by atoms with van der Waals surface area (Å²) >= 11 is 0. The van der Waals surface area contributed by atoms with Gasteiger partial charge >= 0.3 is 0 Å². The molecule has 0 fully saturated rings. The molecule has 1 heterocycles. The molecule has 2 aromatic rings. The Kier molecular flexibility index (Phi) is 2.46. The van der Waals surface area contributed by atoms with E-state index in [0.717, 1.165) is 23.5 Å².